The van der Waals surface area contributed by atoms with E-state index in [1.807, 2.05) is 54.6 Å². The zero-order valence-corrected chi connectivity index (χ0v) is 23.1. The lowest BCUT2D eigenvalue weighted by Crippen LogP contribution is -2.72. The number of hydrogen-bond donors (Lipinski definition) is 1. The van der Waals surface area contributed by atoms with Crippen LogP contribution in [0.1, 0.15) is 50.7 Å². The lowest BCUT2D eigenvalue weighted by molar-refractivity contribution is -0.917. The third kappa shape index (κ3) is 6.33. The number of likely N-dealkylation sites (N-methyl/N-ethyl adjacent to an activating group) is 1. The molecule has 1 saturated carbocycles. The first-order valence-electron chi connectivity index (χ1n) is 13.5. The predicted molar refractivity (Wildman–Crippen MR) is 147 cm³/mol. The maximum atomic E-state index is 12.8. The van der Waals surface area contributed by atoms with Gasteiger partial charge in [0.1, 0.15) is 18.9 Å². The first-order valence-corrected chi connectivity index (χ1v) is 13.5. The van der Waals surface area contributed by atoms with Crippen LogP contribution >= 0.6 is 0 Å². The normalized spacial score (nSPS) is 27.9. The van der Waals surface area contributed by atoms with Crippen molar-refractivity contribution in [3.8, 4) is 5.75 Å². The first kappa shape index (κ1) is 28.4. The standard InChI is InChI=1S/C31H38N2O6/c1-5-17-33(4)18-16-30(26-12-9-13-28(19-26)38-23(2)34)20-27(14-15-31(30,22-33)39-24(3)35)32-29(36)37-21-25-10-7-6-8-11-25/h5-13,19,27H,1,14-18,20-22H2,2-4H3/p+1/t27-,30-,31?,33-/m0/s1. The zero-order chi connectivity index (χ0) is 28.1. The number of piperidine rings is 1. The number of rotatable bonds is 8. The van der Waals surface area contributed by atoms with Crippen molar-refractivity contribution in [1.82, 2.24) is 5.32 Å². The van der Waals surface area contributed by atoms with Crippen LogP contribution in [0.4, 0.5) is 4.79 Å². The minimum atomic E-state index is -0.810. The van der Waals surface area contributed by atoms with Gasteiger partial charge in [0.15, 0.2) is 5.60 Å². The van der Waals surface area contributed by atoms with Crippen molar-refractivity contribution in [2.24, 2.45) is 0 Å². The van der Waals surface area contributed by atoms with E-state index in [2.05, 4.69) is 18.9 Å². The molecule has 2 aromatic carbocycles. The van der Waals surface area contributed by atoms with E-state index in [0.29, 0.717) is 42.5 Å². The molecule has 1 unspecified atom stereocenters. The molecule has 2 aliphatic rings. The van der Waals surface area contributed by atoms with Gasteiger partial charge in [-0.3, -0.25) is 9.59 Å². The number of ether oxygens (including phenoxy) is 3. The number of nitrogens with one attached hydrogen (secondary N) is 1. The summed E-state index contributed by atoms with van der Waals surface area (Å²) < 4.78 is 18.0. The summed E-state index contributed by atoms with van der Waals surface area (Å²) in [5, 5.41) is 3.07. The van der Waals surface area contributed by atoms with Crippen molar-refractivity contribution in [1.29, 1.82) is 0 Å². The molecule has 0 spiro atoms. The molecule has 1 aliphatic carbocycles. The third-order valence-corrected chi connectivity index (χ3v) is 8.17. The van der Waals surface area contributed by atoms with Gasteiger partial charge in [-0.25, -0.2) is 4.79 Å². The van der Waals surface area contributed by atoms with E-state index < -0.39 is 23.1 Å². The monoisotopic (exact) mass is 535 g/mol. The second-order valence-corrected chi connectivity index (χ2v) is 11.2. The van der Waals surface area contributed by atoms with Crippen molar-refractivity contribution >= 4 is 18.0 Å². The Hall–Kier alpha value is -3.65. The van der Waals surface area contributed by atoms with E-state index in [-0.39, 0.29) is 18.6 Å². The average Bonchev–Trinajstić information content (AvgIpc) is 2.88. The van der Waals surface area contributed by atoms with E-state index in [1.165, 1.54) is 13.8 Å². The van der Waals surface area contributed by atoms with Crippen LogP contribution in [0.25, 0.3) is 0 Å². The third-order valence-electron chi connectivity index (χ3n) is 8.17. The molecule has 2 aromatic rings. The van der Waals surface area contributed by atoms with Gasteiger partial charge in [0.05, 0.1) is 20.1 Å². The van der Waals surface area contributed by atoms with Crippen molar-refractivity contribution in [3.63, 3.8) is 0 Å². The topological polar surface area (TPSA) is 90.9 Å². The molecule has 1 aliphatic heterocycles. The van der Waals surface area contributed by atoms with Gasteiger partial charge in [-0.1, -0.05) is 49.0 Å². The van der Waals surface area contributed by atoms with Crippen LogP contribution in [-0.4, -0.2) is 60.8 Å². The second-order valence-electron chi connectivity index (χ2n) is 11.2. The van der Waals surface area contributed by atoms with E-state index >= 15 is 0 Å². The Bertz CT molecular complexity index is 1220. The predicted octanol–water partition coefficient (Wildman–Crippen LogP) is 4.67. The van der Waals surface area contributed by atoms with E-state index in [1.54, 1.807) is 6.07 Å². The van der Waals surface area contributed by atoms with Gasteiger partial charge in [0.25, 0.3) is 0 Å². The smallest absolute Gasteiger partial charge is 0.407 e. The lowest BCUT2D eigenvalue weighted by atomic mass is 9.54. The fraction of sp³-hybridized carbons (Fsp3) is 0.452. The lowest BCUT2D eigenvalue weighted by Gasteiger charge is -2.60. The zero-order valence-electron chi connectivity index (χ0n) is 23.1. The molecule has 0 radical (unpaired) electrons. The number of quaternary nitrogens is 1. The van der Waals surface area contributed by atoms with Crippen LogP contribution in [0.15, 0.2) is 67.3 Å². The Labute approximate surface area is 230 Å². The van der Waals surface area contributed by atoms with Crippen LogP contribution in [-0.2, 0) is 31.1 Å². The van der Waals surface area contributed by atoms with Gasteiger partial charge in [-0.05, 0) is 48.6 Å². The minimum Gasteiger partial charge on any atom is -0.452 e. The Morgan fingerprint density at radius 3 is 2.54 bits per heavy atom. The summed E-state index contributed by atoms with van der Waals surface area (Å²) >= 11 is 0. The molecule has 1 amide bonds. The number of carbonyl (C=O) groups is 3. The Balaban J connectivity index is 1.67. The van der Waals surface area contributed by atoms with E-state index in [9.17, 15) is 14.4 Å². The molecule has 39 heavy (non-hydrogen) atoms. The molecule has 0 aromatic heterocycles. The number of hydrogen-bond acceptors (Lipinski definition) is 6. The van der Waals surface area contributed by atoms with Crippen LogP contribution in [0.2, 0.25) is 0 Å². The number of likely N-dealkylation sites (tertiary alicyclic amines) is 1. The van der Waals surface area contributed by atoms with Crippen LogP contribution in [0.5, 0.6) is 5.75 Å². The van der Waals surface area contributed by atoms with Gasteiger partial charge in [-0.2, -0.15) is 0 Å². The highest BCUT2D eigenvalue weighted by Crippen LogP contribution is 2.55. The van der Waals surface area contributed by atoms with E-state index in [0.717, 1.165) is 24.2 Å². The fourth-order valence-corrected chi connectivity index (χ4v) is 6.60. The Morgan fingerprint density at radius 2 is 1.85 bits per heavy atom. The number of fused-ring (bicyclic) bond motifs is 1. The number of nitrogens with zero attached hydrogens (tertiary/aromatic N) is 1. The molecule has 2 fully saturated rings. The van der Waals surface area contributed by atoms with Gasteiger partial charge < -0.3 is 24.0 Å². The molecule has 8 heteroatoms. The summed E-state index contributed by atoms with van der Waals surface area (Å²) in [6.07, 6.45) is 3.90. The molecule has 8 nitrogen and oxygen atoms in total. The summed E-state index contributed by atoms with van der Waals surface area (Å²) in [4.78, 5) is 37.1. The number of carbonyl (C=O) groups excluding carboxylic acids is 3. The van der Waals surface area contributed by atoms with Crippen LogP contribution in [0.3, 0.4) is 0 Å². The average molecular weight is 536 g/mol. The maximum absolute atomic E-state index is 12.8. The Kier molecular flexibility index (Phi) is 8.45. The van der Waals surface area contributed by atoms with Crippen molar-refractivity contribution < 1.29 is 33.1 Å². The number of amides is 1. The largest absolute Gasteiger partial charge is 0.452 e. The fourth-order valence-electron chi connectivity index (χ4n) is 6.60. The summed E-state index contributed by atoms with van der Waals surface area (Å²) in [6, 6.07) is 16.8. The van der Waals surface area contributed by atoms with Crippen molar-refractivity contribution in [3.05, 3.63) is 78.4 Å². The van der Waals surface area contributed by atoms with Gasteiger partial charge >= 0.3 is 18.0 Å². The van der Waals surface area contributed by atoms with Crippen LogP contribution in [0, 0.1) is 0 Å². The van der Waals surface area contributed by atoms with Crippen molar-refractivity contribution in [2.75, 3.05) is 26.7 Å². The second kappa shape index (κ2) is 11.6. The van der Waals surface area contributed by atoms with E-state index in [4.69, 9.17) is 14.2 Å². The molecule has 1 N–H and O–H groups in total. The highest BCUT2D eigenvalue weighted by Gasteiger charge is 2.64. The SMILES string of the molecule is C=CC[N@@+]1(C)CC[C@@]2(c3cccc(OC(C)=O)c3)C[C@@H](NC(=O)OCc3ccccc3)CCC2(OC(C)=O)C1. The number of alkyl carbamates (subject to hydrolysis) is 1. The van der Waals surface area contributed by atoms with Crippen molar-refractivity contribution in [2.45, 2.75) is 63.2 Å². The van der Waals surface area contributed by atoms with Crippen LogP contribution < -0.4 is 10.1 Å². The first-order chi connectivity index (χ1) is 18.6. The number of benzene rings is 2. The summed E-state index contributed by atoms with van der Waals surface area (Å²) in [5.74, 6) is -0.298. The molecule has 0 bridgehead atoms. The molecule has 4 atom stereocenters. The molecular formula is C31H39N2O6+. The highest BCUT2D eigenvalue weighted by molar-refractivity contribution is 5.70. The summed E-state index contributed by atoms with van der Waals surface area (Å²) in [7, 11) is 2.16. The summed E-state index contributed by atoms with van der Waals surface area (Å²) in [5.41, 5.74) is 0.422. The number of esters is 2. The Morgan fingerprint density at radius 1 is 1.08 bits per heavy atom. The molecule has 1 saturated heterocycles. The van der Waals surface area contributed by atoms with Gasteiger partial charge in [-0.15, -0.1) is 0 Å². The highest BCUT2D eigenvalue weighted by atomic mass is 16.6. The quantitative estimate of drug-likeness (QED) is 0.229. The molecular weight excluding hydrogens is 496 g/mol. The molecule has 1 heterocycles. The summed E-state index contributed by atoms with van der Waals surface area (Å²) in [6.45, 7) is 9.15. The van der Waals surface area contributed by atoms with Gasteiger partial charge in [0.2, 0.25) is 0 Å². The maximum Gasteiger partial charge on any atom is 0.407 e. The molecule has 208 valence electrons. The molecule has 4 rings (SSSR count). The minimum absolute atomic E-state index is 0.184. The van der Waals surface area contributed by atoms with Gasteiger partial charge in [0, 0.05) is 31.7 Å².